The van der Waals surface area contributed by atoms with Crippen LogP contribution < -0.4 is 15.5 Å². The molecule has 2 aliphatic rings. The van der Waals surface area contributed by atoms with E-state index in [0.29, 0.717) is 18.2 Å². The molecular formula is C17H22F2N8. The summed E-state index contributed by atoms with van der Waals surface area (Å²) in [6.07, 6.45) is 5.44. The molecule has 1 aliphatic heterocycles. The fourth-order valence-electron chi connectivity index (χ4n) is 3.78. The van der Waals surface area contributed by atoms with E-state index >= 15 is 0 Å². The summed E-state index contributed by atoms with van der Waals surface area (Å²) < 4.78 is 29.1. The van der Waals surface area contributed by atoms with Crippen LogP contribution in [0.25, 0.3) is 5.69 Å². The summed E-state index contributed by atoms with van der Waals surface area (Å²) in [5.74, 6) is -0.110. The fourth-order valence-corrected chi connectivity index (χ4v) is 3.78. The van der Waals surface area contributed by atoms with Crippen LogP contribution in [-0.2, 0) is 0 Å². The van der Waals surface area contributed by atoms with E-state index in [9.17, 15) is 8.78 Å². The lowest BCUT2D eigenvalue weighted by Crippen LogP contribution is -2.54. The van der Waals surface area contributed by atoms with Crippen LogP contribution in [0.1, 0.15) is 43.9 Å². The maximum Gasteiger partial charge on any atom is 0.252 e. The molecule has 0 aromatic carbocycles. The van der Waals surface area contributed by atoms with Gasteiger partial charge in [-0.1, -0.05) is 6.92 Å². The summed E-state index contributed by atoms with van der Waals surface area (Å²) in [5.41, 5.74) is 0.718. The molecule has 0 amide bonds. The Kier molecular flexibility index (Phi) is 4.20. The van der Waals surface area contributed by atoms with Crippen LogP contribution in [0, 0.1) is 6.92 Å². The van der Waals surface area contributed by atoms with E-state index < -0.39 is 5.92 Å². The third-order valence-corrected chi connectivity index (χ3v) is 5.03. The largest absolute Gasteiger partial charge is 0.393 e. The van der Waals surface area contributed by atoms with E-state index in [1.807, 2.05) is 23.3 Å². The molecule has 1 fully saturated rings. The number of hydrogen-bond donors (Lipinski definition) is 2. The van der Waals surface area contributed by atoms with Crippen molar-refractivity contribution in [2.75, 3.05) is 17.3 Å². The molecule has 8 nitrogen and oxygen atoms in total. The fraction of sp³-hybridized carbons (Fsp3) is 0.529. The Labute approximate surface area is 155 Å². The van der Waals surface area contributed by atoms with Crippen molar-refractivity contribution in [3.63, 3.8) is 0 Å². The van der Waals surface area contributed by atoms with Gasteiger partial charge in [0, 0.05) is 38.3 Å². The van der Waals surface area contributed by atoms with Gasteiger partial charge in [0.15, 0.2) is 11.6 Å². The molecule has 2 aromatic rings. The van der Waals surface area contributed by atoms with Gasteiger partial charge in [0.2, 0.25) is 5.95 Å². The Morgan fingerprint density at radius 1 is 1.30 bits per heavy atom. The Balaban J connectivity index is 1.80. The van der Waals surface area contributed by atoms with Crippen molar-refractivity contribution < 1.29 is 8.78 Å². The van der Waals surface area contributed by atoms with Crippen molar-refractivity contribution >= 4 is 11.8 Å². The summed E-state index contributed by atoms with van der Waals surface area (Å²) in [6, 6.07) is -0.444. The van der Waals surface area contributed by atoms with Crippen molar-refractivity contribution in [1.29, 1.82) is 0 Å². The summed E-state index contributed by atoms with van der Waals surface area (Å²) >= 11 is 0. The van der Waals surface area contributed by atoms with Crippen LogP contribution in [0.5, 0.6) is 0 Å². The van der Waals surface area contributed by atoms with Gasteiger partial charge in [-0.15, -0.1) is 10.2 Å². The van der Waals surface area contributed by atoms with Gasteiger partial charge in [0.25, 0.3) is 5.92 Å². The van der Waals surface area contributed by atoms with E-state index in [0.717, 1.165) is 17.3 Å². The monoisotopic (exact) mass is 376 g/mol. The average molecular weight is 376 g/mol. The topological polar surface area (TPSA) is 83.8 Å². The van der Waals surface area contributed by atoms with Crippen molar-refractivity contribution in [3.8, 4) is 5.69 Å². The zero-order valence-electron chi connectivity index (χ0n) is 15.4. The lowest BCUT2D eigenvalue weighted by molar-refractivity contribution is -0.0878. The van der Waals surface area contributed by atoms with Crippen LogP contribution in [0.3, 0.4) is 0 Å². The van der Waals surface area contributed by atoms with Crippen LogP contribution >= 0.6 is 0 Å². The van der Waals surface area contributed by atoms with Gasteiger partial charge >= 0.3 is 0 Å². The summed E-state index contributed by atoms with van der Waals surface area (Å²) in [7, 11) is 1.78. The van der Waals surface area contributed by atoms with E-state index in [-0.39, 0.29) is 24.9 Å². The number of hydrogen-bond acceptors (Lipinski definition) is 7. The van der Waals surface area contributed by atoms with Crippen molar-refractivity contribution in [2.24, 2.45) is 0 Å². The molecule has 1 aliphatic carbocycles. The third-order valence-electron chi connectivity index (χ3n) is 5.03. The molecule has 27 heavy (non-hydrogen) atoms. The second-order valence-corrected chi connectivity index (χ2v) is 6.86. The molecule has 3 heterocycles. The molecule has 0 spiro atoms. The van der Waals surface area contributed by atoms with Crippen LogP contribution in [0.15, 0.2) is 18.6 Å². The predicted octanol–water partition coefficient (Wildman–Crippen LogP) is 2.54. The highest BCUT2D eigenvalue weighted by molar-refractivity contribution is 5.64. The zero-order valence-corrected chi connectivity index (χ0v) is 15.4. The number of nitrogens with one attached hydrogen (secondary N) is 2. The number of nitrogens with zero attached hydrogens (tertiary/aromatic N) is 6. The lowest BCUT2D eigenvalue weighted by atomic mass is 9.85. The number of aryl methyl sites for hydroxylation is 1. The van der Waals surface area contributed by atoms with Gasteiger partial charge in [-0.05, 0) is 13.3 Å². The highest BCUT2D eigenvalue weighted by Crippen LogP contribution is 2.48. The lowest BCUT2D eigenvalue weighted by Gasteiger charge is -2.48. The molecular weight excluding hydrogens is 354 g/mol. The second-order valence-electron chi connectivity index (χ2n) is 6.86. The van der Waals surface area contributed by atoms with Crippen molar-refractivity contribution in [2.45, 2.75) is 51.1 Å². The molecule has 0 radical (unpaired) electrons. The zero-order chi connectivity index (χ0) is 19.2. The second kappa shape index (κ2) is 6.43. The van der Waals surface area contributed by atoms with E-state index in [2.05, 4.69) is 30.8 Å². The number of halogens is 2. The first-order valence-electron chi connectivity index (χ1n) is 8.99. The van der Waals surface area contributed by atoms with Crippen molar-refractivity contribution in [3.05, 3.63) is 30.2 Å². The van der Waals surface area contributed by atoms with Gasteiger partial charge in [0.1, 0.15) is 11.5 Å². The summed E-state index contributed by atoms with van der Waals surface area (Å²) in [5, 5.41) is 14.4. The Morgan fingerprint density at radius 2 is 2.07 bits per heavy atom. The van der Waals surface area contributed by atoms with Gasteiger partial charge in [0.05, 0.1) is 12.2 Å². The van der Waals surface area contributed by atoms with Gasteiger partial charge < -0.3 is 15.5 Å². The molecule has 0 bridgehead atoms. The quantitative estimate of drug-likeness (QED) is 0.830. The van der Waals surface area contributed by atoms with E-state index in [4.69, 9.17) is 0 Å². The molecule has 1 saturated carbocycles. The number of aromatic nitrogens is 5. The maximum absolute atomic E-state index is 13.6. The standard InChI is InChI=1S/C17H22F2N8/c1-4-12-15-25-24-10(2)26(15)13-9-22-16(21-6-5-20-3)23-14(13)27(12)11-7-17(18,19)8-11/h5-6,9,11-12,20H,4,7-8H2,1-3H3,(H,21,22,23)/b6-5-/t12-/m1/s1. The van der Waals surface area contributed by atoms with E-state index in [1.54, 1.807) is 25.6 Å². The molecule has 0 unspecified atom stereocenters. The molecule has 2 N–H and O–H groups in total. The summed E-state index contributed by atoms with van der Waals surface area (Å²) in [4.78, 5) is 11.0. The van der Waals surface area contributed by atoms with Gasteiger partial charge in [-0.2, -0.15) is 4.98 Å². The molecule has 4 rings (SSSR count). The Bertz CT molecular complexity index is 870. The number of fused-ring (bicyclic) bond motifs is 3. The van der Waals surface area contributed by atoms with Crippen molar-refractivity contribution in [1.82, 2.24) is 30.0 Å². The van der Waals surface area contributed by atoms with Crippen LogP contribution in [0.2, 0.25) is 0 Å². The molecule has 0 saturated heterocycles. The molecule has 144 valence electrons. The maximum atomic E-state index is 13.6. The van der Waals surface area contributed by atoms with Crippen LogP contribution in [-0.4, -0.2) is 43.7 Å². The van der Waals surface area contributed by atoms with Crippen LogP contribution in [0.4, 0.5) is 20.5 Å². The number of alkyl halides is 2. The normalized spacial score (nSPS) is 20.9. The van der Waals surface area contributed by atoms with Gasteiger partial charge in [-0.25, -0.2) is 13.8 Å². The highest BCUT2D eigenvalue weighted by Gasteiger charge is 2.51. The Morgan fingerprint density at radius 3 is 2.74 bits per heavy atom. The first-order valence-corrected chi connectivity index (χ1v) is 8.99. The molecule has 1 atom stereocenters. The molecule has 10 heteroatoms. The minimum Gasteiger partial charge on any atom is -0.393 e. The SMILES string of the molecule is CC[C@@H]1c2nnc(C)n2-c2cnc(N/C=C\NC)nc2N1C1CC(F)(F)C1. The predicted molar refractivity (Wildman–Crippen MR) is 97.0 cm³/mol. The Hall–Kier alpha value is -2.78. The first kappa shape index (κ1) is 17.6. The third kappa shape index (κ3) is 2.88. The van der Waals surface area contributed by atoms with E-state index in [1.165, 1.54) is 0 Å². The summed E-state index contributed by atoms with van der Waals surface area (Å²) in [6.45, 7) is 3.88. The minimum absolute atomic E-state index is 0.157. The highest BCUT2D eigenvalue weighted by atomic mass is 19.3. The number of anilines is 2. The first-order chi connectivity index (χ1) is 12.9. The smallest absolute Gasteiger partial charge is 0.252 e. The average Bonchev–Trinajstić information content (AvgIpc) is 3.00. The molecule has 2 aromatic heterocycles. The number of rotatable bonds is 5. The van der Waals surface area contributed by atoms with Gasteiger partial charge in [-0.3, -0.25) is 4.57 Å². The minimum atomic E-state index is -2.62.